The number of piperidine rings is 1. The molecule has 1 aliphatic rings. The third-order valence-electron chi connectivity index (χ3n) is 4.91. The number of nitrogens with zero attached hydrogens (tertiary/aromatic N) is 5. The second-order valence-corrected chi connectivity index (χ2v) is 6.68. The molecule has 7 nitrogen and oxygen atoms in total. The van der Waals surface area contributed by atoms with Gasteiger partial charge >= 0.3 is 0 Å². The van der Waals surface area contributed by atoms with Gasteiger partial charge in [-0.1, -0.05) is 18.2 Å². The number of carbonyl (C=O) groups excluding carboxylic acids is 1. The van der Waals surface area contributed by atoms with Gasteiger partial charge in [-0.05, 0) is 31.0 Å². The van der Waals surface area contributed by atoms with Crippen molar-refractivity contribution < 1.29 is 4.79 Å². The van der Waals surface area contributed by atoms with E-state index in [1.54, 1.807) is 29.2 Å². The third-order valence-corrected chi connectivity index (χ3v) is 4.91. The van der Waals surface area contributed by atoms with Gasteiger partial charge in [0.25, 0.3) is 0 Å². The lowest BCUT2D eigenvalue weighted by molar-refractivity contribution is -0.122. The number of hydrogen-bond donors (Lipinski definition) is 1. The van der Waals surface area contributed by atoms with Gasteiger partial charge in [0.1, 0.15) is 18.4 Å². The minimum atomic E-state index is -0.0298. The van der Waals surface area contributed by atoms with Gasteiger partial charge in [-0.3, -0.25) is 9.48 Å². The zero-order valence-corrected chi connectivity index (χ0v) is 14.9. The van der Waals surface area contributed by atoms with Crippen molar-refractivity contribution in [3.05, 3.63) is 54.4 Å². The van der Waals surface area contributed by atoms with Crippen LogP contribution in [0.2, 0.25) is 0 Å². The predicted octanol–water partition coefficient (Wildman–Crippen LogP) is 2.09. The van der Waals surface area contributed by atoms with E-state index in [-0.39, 0.29) is 18.5 Å². The molecule has 1 fully saturated rings. The van der Waals surface area contributed by atoms with Crippen LogP contribution >= 0.6 is 0 Å². The van der Waals surface area contributed by atoms with Gasteiger partial charge < -0.3 is 10.2 Å². The fraction of sp³-hybridized carbons (Fsp3) is 0.300. The highest BCUT2D eigenvalue weighted by Crippen LogP contribution is 2.21. The van der Waals surface area contributed by atoms with Crippen molar-refractivity contribution >= 4 is 22.6 Å². The molecule has 1 saturated heterocycles. The molecule has 0 unspecified atom stereocenters. The molecule has 7 heteroatoms. The summed E-state index contributed by atoms with van der Waals surface area (Å²) in [6, 6.07) is 13.7. The minimum absolute atomic E-state index is 0.0298. The number of benzene rings is 1. The molecule has 136 valence electrons. The Morgan fingerprint density at radius 3 is 2.85 bits per heavy atom. The highest BCUT2D eigenvalue weighted by atomic mass is 16.2. The van der Waals surface area contributed by atoms with E-state index in [0.29, 0.717) is 5.56 Å². The lowest BCUT2D eigenvalue weighted by Gasteiger charge is -2.33. The topological polar surface area (TPSA) is 86.8 Å². The van der Waals surface area contributed by atoms with Gasteiger partial charge in [0, 0.05) is 30.7 Å². The van der Waals surface area contributed by atoms with E-state index < -0.39 is 0 Å². The molecule has 3 aromatic rings. The van der Waals surface area contributed by atoms with Gasteiger partial charge in [-0.15, -0.1) is 0 Å². The number of anilines is 1. The number of rotatable bonds is 4. The first-order valence-corrected chi connectivity index (χ1v) is 9.04. The Bertz CT molecular complexity index is 997. The summed E-state index contributed by atoms with van der Waals surface area (Å²) in [6.45, 7) is 1.75. The van der Waals surface area contributed by atoms with Crippen LogP contribution in [0.4, 0.5) is 5.82 Å². The predicted molar refractivity (Wildman–Crippen MR) is 102 cm³/mol. The number of nitriles is 1. The van der Waals surface area contributed by atoms with Crippen LogP contribution < -0.4 is 10.2 Å². The maximum absolute atomic E-state index is 12.4. The van der Waals surface area contributed by atoms with Crippen molar-refractivity contribution in [1.82, 2.24) is 20.1 Å². The Balaban J connectivity index is 1.34. The first kappa shape index (κ1) is 17.0. The molecule has 0 radical (unpaired) electrons. The summed E-state index contributed by atoms with van der Waals surface area (Å²) in [7, 11) is 0. The van der Waals surface area contributed by atoms with Gasteiger partial charge in [-0.2, -0.15) is 10.4 Å². The summed E-state index contributed by atoms with van der Waals surface area (Å²) in [4.78, 5) is 18.9. The Hall–Kier alpha value is -3.40. The van der Waals surface area contributed by atoms with Crippen molar-refractivity contribution in [1.29, 1.82) is 5.26 Å². The Morgan fingerprint density at radius 1 is 1.22 bits per heavy atom. The van der Waals surface area contributed by atoms with E-state index >= 15 is 0 Å². The van der Waals surface area contributed by atoms with Crippen LogP contribution in [0.5, 0.6) is 0 Å². The zero-order chi connectivity index (χ0) is 18.6. The van der Waals surface area contributed by atoms with Crippen molar-refractivity contribution in [2.45, 2.75) is 25.4 Å². The fourth-order valence-electron chi connectivity index (χ4n) is 3.53. The third kappa shape index (κ3) is 3.60. The summed E-state index contributed by atoms with van der Waals surface area (Å²) in [5, 5.41) is 17.7. The van der Waals surface area contributed by atoms with Gasteiger partial charge in [0.2, 0.25) is 5.91 Å². The molecule has 27 heavy (non-hydrogen) atoms. The number of para-hydroxylation sites is 1. The van der Waals surface area contributed by atoms with Crippen molar-refractivity contribution in [3.63, 3.8) is 0 Å². The number of fused-ring (bicyclic) bond motifs is 1. The van der Waals surface area contributed by atoms with Crippen LogP contribution in [0.15, 0.2) is 48.8 Å². The highest BCUT2D eigenvalue weighted by molar-refractivity contribution is 5.82. The van der Waals surface area contributed by atoms with Gasteiger partial charge in [0.15, 0.2) is 0 Å². The Kier molecular flexibility index (Phi) is 4.71. The zero-order valence-electron chi connectivity index (χ0n) is 14.9. The standard InChI is InChI=1S/C20H20N6O/c21-12-15-5-3-9-22-20(15)25-10-7-17(8-11-25)24-19(27)14-26-18-6-2-1-4-16(18)13-23-26/h1-6,9,13,17H,7-8,10-11,14H2,(H,24,27). The summed E-state index contributed by atoms with van der Waals surface area (Å²) in [5.41, 5.74) is 1.55. The minimum Gasteiger partial charge on any atom is -0.355 e. The molecule has 1 N–H and O–H groups in total. The van der Waals surface area contributed by atoms with Gasteiger partial charge in [-0.25, -0.2) is 4.98 Å². The van der Waals surface area contributed by atoms with Crippen LogP contribution in [-0.4, -0.2) is 39.8 Å². The van der Waals surface area contributed by atoms with E-state index in [1.807, 2.05) is 24.3 Å². The molecule has 1 aromatic carbocycles. The fourth-order valence-corrected chi connectivity index (χ4v) is 3.53. The SMILES string of the molecule is N#Cc1cccnc1N1CCC(NC(=O)Cn2ncc3ccccc32)CC1. The maximum atomic E-state index is 12.4. The summed E-state index contributed by atoms with van der Waals surface area (Å²) < 4.78 is 1.73. The lowest BCUT2D eigenvalue weighted by Crippen LogP contribution is -2.46. The average molecular weight is 360 g/mol. The van der Waals surface area contributed by atoms with Crippen LogP contribution in [0.25, 0.3) is 10.9 Å². The second-order valence-electron chi connectivity index (χ2n) is 6.68. The van der Waals surface area contributed by atoms with Gasteiger partial charge in [0.05, 0.1) is 17.3 Å². The Labute approximate surface area is 157 Å². The molecule has 0 aliphatic carbocycles. The van der Waals surface area contributed by atoms with E-state index in [2.05, 4.69) is 26.4 Å². The molecular formula is C20H20N6O. The normalized spacial score (nSPS) is 14.9. The average Bonchev–Trinajstić information content (AvgIpc) is 3.11. The van der Waals surface area contributed by atoms with Crippen LogP contribution in [0, 0.1) is 11.3 Å². The quantitative estimate of drug-likeness (QED) is 0.770. The summed E-state index contributed by atoms with van der Waals surface area (Å²) >= 11 is 0. The molecule has 2 aromatic heterocycles. The number of amides is 1. The highest BCUT2D eigenvalue weighted by Gasteiger charge is 2.23. The second kappa shape index (κ2) is 7.46. The monoisotopic (exact) mass is 360 g/mol. The number of aromatic nitrogens is 3. The molecule has 1 aliphatic heterocycles. The lowest BCUT2D eigenvalue weighted by atomic mass is 10.0. The van der Waals surface area contributed by atoms with E-state index in [0.717, 1.165) is 42.7 Å². The Morgan fingerprint density at radius 2 is 2.04 bits per heavy atom. The number of nitrogens with one attached hydrogen (secondary N) is 1. The smallest absolute Gasteiger partial charge is 0.241 e. The van der Waals surface area contributed by atoms with E-state index in [9.17, 15) is 10.1 Å². The molecule has 3 heterocycles. The van der Waals surface area contributed by atoms with Crippen molar-refractivity contribution in [2.24, 2.45) is 0 Å². The molecular weight excluding hydrogens is 340 g/mol. The largest absolute Gasteiger partial charge is 0.355 e. The first-order chi connectivity index (χ1) is 13.2. The first-order valence-electron chi connectivity index (χ1n) is 9.04. The van der Waals surface area contributed by atoms with Crippen molar-refractivity contribution in [3.8, 4) is 6.07 Å². The number of hydrogen-bond acceptors (Lipinski definition) is 5. The van der Waals surface area contributed by atoms with Crippen LogP contribution in [0.3, 0.4) is 0 Å². The molecule has 0 spiro atoms. The van der Waals surface area contributed by atoms with E-state index in [1.165, 1.54) is 0 Å². The van der Waals surface area contributed by atoms with Crippen LogP contribution in [0.1, 0.15) is 18.4 Å². The van der Waals surface area contributed by atoms with E-state index in [4.69, 9.17) is 0 Å². The summed E-state index contributed by atoms with van der Waals surface area (Å²) in [5.74, 6) is 0.700. The number of pyridine rings is 1. The molecule has 0 bridgehead atoms. The molecule has 0 atom stereocenters. The number of carbonyl (C=O) groups is 1. The van der Waals surface area contributed by atoms with Crippen LogP contribution in [-0.2, 0) is 11.3 Å². The molecule has 1 amide bonds. The van der Waals surface area contributed by atoms with Crippen molar-refractivity contribution in [2.75, 3.05) is 18.0 Å². The molecule has 4 rings (SSSR count). The maximum Gasteiger partial charge on any atom is 0.241 e. The summed E-state index contributed by atoms with van der Waals surface area (Å²) in [6.07, 6.45) is 5.14. The molecule has 0 saturated carbocycles.